The van der Waals surface area contributed by atoms with Gasteiger partial charge in [0.25, 0.3) is 0 Å². The third kappa shape index (κ3) is 3.89. The maximum Gasteiger partial charge on any atom is 0.213 e. The second-order valence-corrected chi connectivity index (χ2v) is 8.26. The van der Waals surface area contributed by atoms with Gasteiger partial charge in [0.1, 0.15) is 5.75 Å². The van der Waals surface area contributed by atoms with Crippen LogP contribution in [0, 0.1) is 0 Å². The number of methoxy groups -OCH3 is 1. The van der Waals surface area contributed by atoms with Crippen molar-refractivity contribution < 1.29 is 14.2 Å². The van der Waals surface area contributed by atoms with E-state index in [1.165, 1.54) is 19.3 Å². The minimum Gasteiger partial charge on any atom is -0.481 e. The van der Waals surface area contributed by atoms with Crippen LogP contribution in [0.25, 0.3) is 12.2 Å². The fraction of sp³-hybridized carbons (Fsp3) is 0.458. The highest BCUT2D eigenvalue weighted by Crippen LogP contribution is 2.39. The summed E-state index contributed by atoms with van der Waals surface area (Å²) in [5.74, 6) is 1.16. The predicted octanol–water partition coefficient (Wildman–Crippen LogP) is 4.51. The third-order valence-electron chi connectivity index (χ3n) is 6.46. The molecule has 3 aliphatic rings. The summed E-state index contributed by atoms with van der Waals surface area (Å²) < 4.78 is 17.7. The van der Waals surface area contributed by atoms with Crippen LogP contribution in [-0.4, -0.2) is 41.9 Å². The number of fused-ring (bicyclic) bond motifs is 1. The molecule has 1 saturated heterocycles. The average molecular weight is 392 g/mol. The van der Waals surface area contributed by atoms with Crippen molar-refractivity contribution in [2.24, 2.45) is 0 Å². The van der Waals surface area contributed by atoms with E-state index in [4.69, 9.17) is 14.2 Å². The first-order valence-corrected chi connectivity index (χ1v) is 10.6. The fourth-order valence-electron chi connectivity index (χ4n) is 4.39. The van der Waals surface area contributed by atoms with Crippen LogP contribution in [-0.2, 0) is 11.3 Å². The Labute approximate surface area is 172 Å². The molecule has 2 aromatic rings. The summed E-state index contributed by atoms with van der Waals surface area (Å²) in [5.41, 5.74) is 3.28. The van der Waals surface area contributed by atoms with Gasteiger partial charge in [0, 0.05) is 49.8 Å². The van der Waals surface area contributed by atoms with Crippen LogP contribution in [0.2, 0.25) is 0 Å². The Balaban J connectivity index is 1.24. The molecule has 3 heterocycles. The molecule has 152 valence electrons. The highest BCUT2D eigenvalue weighted by atomic mass is 16.7. The number of likely N-dealkylation sites (tertiary alicyclic amines) is 1. The standard InChI is InChI=1S/C24H28N2O3/c1-27-23-10-8-19(16-25-23)6-5-18-7-9-22-20(15-18)17-28-24(29-22)11-13-26(14-12-24)21-3-2-4-21/h5-10,15-16,21H,2-4,11-14,17H2,1H3. The van der Waals surface area contributed by atoms with Crippen LogP contribution < -0.4 is 9.47 Å². The highest BCUT2D eigenvalue weighted by Gasteiger charge is 2.42. The molecule has 0 amide bonds. The van der Waals surface area contributed by atoms with Gasteiger partial charge in [0.05, 0.1) is 13.7 Å². The zero-order chi connectivity index (χ0) is 19.7. The Kier molecular flexibility index (Phi) is 5.02. The Morgan fingerprint density at radius 2 is 1.90 bits per heavy atom. The molecule has 29 heavy (non-hydrogen) atoms. The van der Waals surface area contributed by atoms with Gasteiger partial charge in [-0.25, -0.2) is 4.98 Å². The van der Waals surface area contributed by atoms with Gasteiger partial charge in [-0.15, -0.1) is 0 Å². The van der Waals surface area contributed by atoms with E-state index >= 15 is 0 Å². The zero-order valence-electron chi connectivity index (χ0n) is 17.0. The first kappa shape index (κ1) is 18.6. The number of hydrogen-bond acceptors (Lipinski definition) is 5. The van der Waals surface area contributed by atoms with E-state index in [1.807, 2.05) is 12.1 Å². The van der Waals surface area contributed by atoms with Crippen molar-refractivity contribution in [3.8, 4) is 11.6 Å². The number of piperidine rings is 1. The molecule has 5 rings (SSSR count). The summed E-state index contributed by atoms with van der Waals surface area (Å²) in [4.78, 5) is 6.86. The molecule has 2 aliphatic heterocycles. The van der Waals surface area contributed by atoms with Crippen LogP contribution in [0.3, 0.4) is 0 Å². The van der Waals surface area contributed by atoms with E-state index in [9.17, 15) is 0 Å². The van der Waals surface area contributed by atoms with E-state index in [1.54, 1.807) is 13.3 Å². The normalized spacial score (nSPS) is 21.6. The van der Waals surface area contributed by atoms with E-state index in [0.717, 1.165) is 54.4 Å². The number of hydrogen-bond donors (Lipinski definition) is 0. The van der Waals surface area contributed by atoms with Crippen LogP contribution in [0.4, 0.5) is 0 Å². The van der Waals surface area contributed by atoms with Crippen molar-refractivity contribution in [1.82, 2.24) is 9.88 Å². The van der Waals surface area contributed by atoms with E-state index in [0.29, 0.717) is 12.5 Å². The van der Waals surface area contributed by atoms with E-state index < -0.39 is 5.79 Å². The lowest BCUT2D eigenvalue weighted by Gasteiger charge is -2.47. The largest absolute Gasteiger partial charge is 0.481 e. The average Bonchev–Trinajstić information content (AvgIpc) is 2.73. The number of ether oxygens (including phenoxy) is 3. The molecule has 1 aromatic carbocycles. The molecule has 1 aliphatic carbocycles. The minimum absolute atomic E-state index is 0.431. The Morgan fingerprint density at radius 1 is 1.10 bits per heavy atom. The quantitative estimate of drug-likeness (QED) is 0.766. The van der Waals surface area contributed by atoms with Crippen molar-refractivity contribution >= 4 is 12.2 Å². The monoisotopic (exact) mass is 392 g/mol. The Bertz CT molecular complexity index is 881. The molecule has 5 nitrogen and oxygen atoms in total. The van der Waals surface area contributed by atoms with Gasteiger partial charge in [-0.3, -0.25) is 4.90 Å². The lowest BCUT2D eigenvalue weighted by atomic mass is 9.89. The second kappa shape index (κ2) is 7.81. The fourth-order valence-corrected chi connectivity index (χ4v) is 4.39. The van der Waals surface area contributed by atoms with Gasteiger partial charge in [-0.1, -0.05) is 24.6 Å². The number of pyridine rings is 1. The summed E-state index contributed by atoms with van der Waals surface area (Å²) in [5, 5.41) is 0. The van der Waals surface area contributed by atoms with Crippen molar-refractivity contribution in [2.75, 3.05) is 20.2 Å². The molecule has 0 N–H and O–H groups in total. The third-order valence-corrected chi connectivity index (χ3v) is 6.46. The maximum atomic E-state index is 6.39. The maximum absolute atomic E-state index is 6.39. The van der Waals surface area contributed by atoms with Crippen molar-refractivity contribution in [3.05, 3.63) is 53.2 Å². The molecule has 0 unspecified atom stereocenters. The molecule has 1 aromatic heterocycles. The van der Waals surface area contributed by atoms with E-state index in [-0.39, 0.29) is 0 Å². The summed E-state index contributed by atoms with van der Waals surface area (Å²) in [6.07, 6.45) is 12.0. The highest BCUT2D eigenvalue weighted by molar-refractivity contribution is 5.70. The lowest BCUT2D eigenvalue weighted by molar-refractivity contribution is -0.231. The first-order valence-electron chi connectivity index (χ1n) is 10.6. The summed E-state index contributed by atoms with van der Waals surface area (Å²) >= 11 is 0. The zero-order valence-corrected chi connectivity index (χ0v) is 17.0. The molecule has 1 saturated carbocycles. The molecular formula is C24H28N2O3. The molecule has 2 fully saturated rings. The van der Waals surface area contributed by atoms with Crippen LogP contribution in [0.1, 0.15) is 48.8 Å². The lowest BCUT2D eigenvalue weighted by Crippen LogP contribution is -2.54. The SMILES string of the molecule is COc1ccc(C=Cc2ccc3c(c2)COC2(CCN(C4CCC4)CC2)O3)cn1. The van der Waals surface area contributed by atoms with Crippen LogP contribution >= 0.6 is 0 Å². The number of aromatic nitrogens is 1. The van der Waals surface area contributed by atoms with Crippen molar-refractivity contribution in [1.29, 1.82) is 0 Å². The van der Waals surface area contributed by atoms with Gasteiger partial charge in [0.15, 0.2) is 0 Å². The van der Waals surface area contributed by atoms with E-state index in [2.05, 4.69) is 40.2 Å². The topological polar surface area (TPSA) is 43.8 Å². The van der Waals surface area contributed by atoms with Gasteiger partial charge in [-0.05, 0) is 42.2 Å². The van der Waals surface area contributed by atoms with Crippen molar-refractivity contribution in [2.45, 2.75) is 50.5 Å². The summed E-state index contributed by atoms with van der Waals surface area (Å²) in [6.45, 7) is 2.78. The van der Waals surface area contributed by atoms with Crippen molar-refractivity contribution in [3.63, 3.8) is 0 Å². The Hall–Kier alpha value is -2.37. The molecule has 0 radical (unpaired) electrons. The molecular weight excluding hydrogens is 364 g/mol. The van der Waals surface area contributed by atoms with Gasteiger partial charge < -0.3 is 14.2 Å². The summed E-state index contributed by atoms with van der Waals surface area (Å²) in [6, 6.07) is 11.0. The van der Waals surface area contributed by atoms with Crippen LogP contribution in [0.15, 0.2) is 36.5 Å². The number of nitrogens with zero attached hydrogens (tertiary/aromatic N) is 2. The smallest absolute Gasteiger partial charge is 0.213 e. The second-order valence-electron chi connectivity index (χ2n) is 8.26. The molecule has 0 atom stereocenters. The molecule has 1 spiro atoms. The molecule has 0 bridgehead atoms. The van der Waals surface area contributed by atoms with Gasteiger partial charge in [-0.2, -0.15) is 0 Å². The predicted molar refractivity (Wildman–Crippen MR) is 113 cm³/mol. The number of rotatable bonds is 4. The van der Waals surface area contributed by atoms with Gasteiger partial charge in [0.2, 0.25) is 11.7 Å². The first-order chi connectivity index (χ1) is 14.2. The van der Waals surface area contributed by atoms with Crippen LogP contribution in [0.5, 0.6) is 11.6 Å². The number of benzene rings is 1. The van der Waals surface area contributed by atoms with Gasteiger partial charge >= 0.3 is 0 Å². The molecule has 5 heteroatoms. The minimum atomic E-state index is -0.431. The Morgan fingerprint density at radius 3 is 2.59 bits per heavy atom. The summed E-state index contributed by atoms with van der Waals surface area (Å²) in [7, 11) is 1.62.